The van der Waals surface area contributed by atoms with E-state index in [9.17, 15) is 9.90 Å². The molecule has 0 aromatic carbocycles. The van der Waals surface area contributed by atoms with Gasteiger partial charge in [0.2, 0.25) is 0 Å². The fourth-order valence-electron chi connectivity index (χ4n) is 2.22. The Morgan fingerprint density at radius 1 is 1.47 bits per heavy atom. The van der Waals surface area contributed by atoms with Crippen molar-refractivity contribution in [2.75, 3.05) is 20.3 Å². The number of aliphatic hydroxyl groups excluding tert-OH is 1. The summed E-state index contributed by atoms with van der Waals surface area (Å²) in [5.41, 5.74) is 4.66. The molecule has 1 atom stereocenters. The van der Waals surface area contributed by atoms with E-state index >= 15 is 0 Å². The summed E-state index contributed by atoms with van der Waals surface area (Å²) in [6, 6.07) is 0. The van der Waals surface area contributed by atoms with Crippen LogP contribution in [0.15, 0.2) is 0 Å². The Hall–Kier alpha value is -0.450. The maximum absolute atomic E-state index is 12.1. The summed E-state index contributed by atoms with van der Waals surface area (Å²) >= 11 is 0. The normalized spacial score (nSPS) is 22.3. The van der Waals surface area contributed by atoms with E-state index in [0.717, 1.165) is 25.7 Å². The molecule has 0 spiro atoms. The van der Waals surface area contributed by atoms with Crippen LogP contribution in [0.1, 0.15) is 32.1 Å². The minimum atomic E-state index is -1.20. The van der Waals surface area contributed by atoms with Crippen molar-refractivity contribution in [1.29, 1.82) is 0 Å². The lowest BCUT2D eigenvalue weighted by atomic mass is 9.79. The van der Waals surface area contributed by atoms with Crippen molar-refractivity contribution < 1.29 is 14.6 Å². The van der Waals surface area contributed by atoms with Gasteiger partial charge in [0, 0.05) is 13.0 Å². The molecule has 0 bridgehead atoms. The Morgan fingerprint density at radius 3 is 2.53 bits per heavy atom. The molecule has 1 aliphatic rings. The molecular weight excluding hydrogens is 194 g/mol. The second-order valence-electron chi connectivity index (χ2n) is 4.45. The first-order valence-electron chi connectivity index (χ1n) is 5.57. The first-order chi connectivity index (χ1) is 7.14. The fourth-order valence-corrected chi connectivity index (χ4v) is 2.22. The molecule has 1 unspecified atom stereocenters. The van der Waals surface area contributed by atoms with Gasteiger partial charge in [-0.2, -0.15) is 0 Å². The molecule has 4 nitrogen and oxygen atoms in total. The number of carbonyl (C=O) groups is 1. The molecule has 1 rings (SSSR count). The number of Topliss-reactive ketones (excluding diaryl/α,β-unsaturated/α-hetero) is 1. The van der Waals surface area contributed by atoms with Gasteiger partial charge in [0.05, 0.1) is 13.2 Å². The fraction of sp³-hybridized carbons (Fsp3) is 0.909. The molecule has 3 N–H and O–H groups in total. The van der Waals surface area contributed by atoms with Crippen LogP contribution >= 0.6 is 0 Å². The van der Waals surface area contributed by atoms with Gasteiger partial charge in [0.25, 0.3) is 0 Å². The van der Waals surface area contributed by atoms with Crippen molar-refractivity contribution in [1.82, 2.24) is 0 Å². The van der Waals surface area contributed by atoms with Gasteiger partial charge in [-0.15, -0.1) is 0 Å². The Balaban J connectivity index is 2.62. The number of nitrogens with two attached hydrogens (primary N) is 1. The van der Waals surface area contributed by atoms with Gasteiger partial charge in [-0.25, -0.2) is 0 Å². The number of rotatable bonds is 5. The zero-order valence-corrected chi connectivity index (χ0v) is 9.37. The maximum Gasteiger partial charge on any atom is 0.160 e. The highest BCUT2D eigenvalue weighted by Crippen LogP contribution is 2.27. The Labute approximate surface area is 90.8 Å². The van der Waals surface area contributed by atoms with Gasteiger partial charge >= 0.3 is 0 Å². The monoisotopic (exact) mass is 215 g/mol. The molecule has 15 heavy (non-hydrogen) atoms. The SMILES string of the molecule is COCC(N)(CO)C(=O)C1CCCCC1. The average Bonchev–Trinajstić information content (AvgIpc) is 2.29. The van der Waals surface area contributed by atoms with E-state index in [2.05, 4.69) is 0 Å². The van der Waals surface area contributed by atoms with Gasteiger partial charge in [0.1, 0.15) is 5.54 Å². The van der Waals surface area contributed by atoms with Gasteiger partial charge in [-0.1, -0.05) is 19.3 Å². The summed E-state index contributed by atoms with van der Waals surface area (Å²) in [6.07, 6.45) is 5.18. The Kier molecular flexibility index (Phi) is 4.70. The molecule has 0 aromatic rings. The van der Waals surface area contributed by atoms with Crippen molar-refractivity contribution >= 4 is 5.78 Å². The van der Waals surface area contributed by atoms with E-state index in [1.54, 1.807) is 0 Å². The summed E-state index contributed by atoms with van der Waals surface area (Å²) in [5.74, 6) is -0.0161. The minimum Gasteiger partial charge on any atom is -0.394 e. The molecule has 88 valence electrons. The number of carbonyl (C=O) groups excluding carboxylic acids is 1. The third kappa shape index (κ3) is 3.00. The molecule has 1 fully saturated rings. The molecule has 0 aliphatic heterocycles. The van der Waals surface area contributed by atoms with E-state index in [-0.39, 0.29) is 24.9 Å². The van der Waals surface area contributed by atoms with Crippen LogP contribution in [0.3, 0.4) is 0 Å². The lowest BCUT2D eigenvalue weighted by molar-refractivity contribution is -0.132. The van der Waals surface area contributed by atoms with E-state index in [1.807, 2.05) is 0 Å². The molecule has 0 heterocycles. The topological polar surface area (TPSA) is 72.6 Å². The average molecular weight is 215 g/mol. The quantitative estimate of drug-likeness (QED) is 0.699. The molecule has 0 amide bonds. The highest BCUT2D eigenvalue weighted by molar-refractivity contribution is 5.90. The molecule has 1 aliphatic carbocycles. The van der Waals surface area contributed by atoms with Crippen LogP contribution in [0.4, 0.5) is 0 Å². The maximum atomic E-state index is 12.1. The first kappa shape index (κ1) is 12.6. The van der Waals surface area contributed by atoms with Crippen molar-refractivity contribution in [3.8, 4) is 0 Å². The standard InChI is InChI=1S/C11H21NO3/c1-15-8-11(12,7-13)10(14)9-5-3-2-4-6-9/h9,13H,2-8,12H2,1H3. The summed E-state index contributed by atoms with van der Waals surface area (Å²) in [7, 11) is 1.49. The number of ether oxygens (including phenoxy) is 1. The van der Waals surface area contributed by atoms with Gasteiger partial charge in [0.15, 0.2) is 5.78 Å². The van der Waals surface area contributed by atoms with Crippen molar-refractivity contribution in [3.63, 3.8) is 0 Å². The van der Waals surface area contributed by atoms with Crippen LogP contribution in [0, 0.1) is 5.92 Å². The van der Waals surface area contributed by atoms with Crippen LogP contribution < -0.4 is 5.73 Å². The van der Waals surface area contributed by atoms with Gasteiger partial charge in [-0.05, 0) is 12.8 Å². The molecule has 0 radical (unpaired) electrons. The zero-order chi connectivity index (χ0) is 11.3. The van der Waals surface area contributed by atoms with E-state index < -0.39 is 5.54 Å². The van der Waals surface area contributed by atoms with Crippen LogP contribution in [0.2, 0.25) is 0 Å². The second-order valence-corrected chi connectivity index (χ2v) is 4.45. The number of hydrogen-bond donors (Lipinski definition) is 2. The third-order valence-electron chi connectivity index (χ3n) is 3.15. The van der Waals surface area contributed by atoms with Crippen molar-refractivity contribution in [2.45, 2.75) is 37.6 Å². The summed E-state index contributed by atoms with van der Waals surface area (Å²) < 4.78 is 4.90. The van der Waals surface area contributed by atoms with Crippen molar-refractivity contribution in [3.05, 3.63) is 0 Å². The number of ketones is 1. The van der Waals surface area contributed by atoms with E-state index in [4.69, 9.17) is 10.5 Å². The van der Waals surface area contributed by atoms with Crippen LogP contribution in [-0.2, 0) is 9.53 Å². The molecule has 1 saturated carbocycles. The number of aliphatic hydroxyl groups is 1. The molecular formula is C11H21NO3. The van der Waals surface area contributed by atoms with Gasteiger partial charge in [-0.3, -0.25) is 4.79 Å². The van der Waals surface area contributed by atoms with Crippen LogP contribution in [0.25, 0.3) is 0 Å². The summed E-state index contributed by atoms with van der Waals surface area (Å²) in [6.45, 7) is -0.241. The minimum absolute atomic E-state index is 0.0195. The molecule has 0 aromatic heterocycles. The van der Waals surface area contributed by atoms with E-state index in [0.29, 0.717) is 0 Å². The van der Waals surface area contributed by atoms with Gasteiger partial charge < -0.3 is 15.6 Å². The first-order valence-corrected chi connectivity index (χ1v) is 5.57. The zero-order valence-electron chi connectivity index (χ0n) is 9.37. The molecule has 0 saturated heterocycles. The second kappa shape index (κ2) is 5.58. The number of hydrogen-bond acceptors (Lipinski definition) is 4. The molecule has 4 heteroatoms. The van der Waals surface area contributed by atoms with Crippen LogP contribution in [0.5, 0.6) is 0 Å². The van der Waals surface area contributed by atoms with Crippen LogP contribution in [-0.4, -0.2) is 36.8 Å². The smallest absolute Gasteiger partial charge is 0.160 e. The lowest BCUT2D eigenvalue weighted by Crippen LogP contribution is -2.57. The summed E-state index contributed by atoms with van der Waals surface area (Å²) in [4.78, 5) is 12.1. The lowest BCUT2D eigenvalue weighted by Gasteiger charge is -2.31. The highest BCUT2D eigenvalue weighted by atomic mass is 16.5. The van der Waals surface area contributed by atoms with E-state index in [1.165, 1.54) is 13.5 Å². The number of methoxy groups -OCH3 is 1. The highest BCUT2D eigenvalue weighted by Gasteiger charge is 2.38. The van der Waals surface area contributed by atoms with Crippen molar-refractivity contribution in [2.24, 2.45) is 11.7 Å². The largest absolute Gasteiger partial charge is 0.394 e. The Bertz CT molecular complexity index is 214. The predicted molar refractivity (Wildman–Crippen MR) is 57.5 cm³/mol. The summed E-state index contributed by atoms with van der Waals surface area (Å²) in [5, 5.41) is 9.19. The third-order valence-corrected chi connectivity index (χ3v) is 3.15. The predicted octanol–water partition coefficient (Wildman–Crippen LogP) is 0.472. The Morgan fingerprint density at radius 2 is 2.07 bits per heavy atom.